The molecule has 3 aromatic rings. The monoisotopic (exact) mass is 283 g/mol. The lowest BCUT2D eigenvalue weighted by Gasteiger charge is -2.05. The third kappa shape index (κ3) is 2.53. The molecule has 0 radical (unpaired) electrons. The summed E-state index contributed by atoms with van der Waals surface area (Å²) in [6.07, 6.45) is 2.42. The molecule has 0 fully saturated rings. The Hall–Kier alpha value is -2.96. The molecule has 2 N–H and O–H groups in total. The van der Waals surface area contributed by atoms with Gasteiger partial charge >= 0.3 is 0 Å². The number of hydrogen-bond donors (Lipinski definition) is 2. The average Bonchev–Trinajstić information content (AvgIpc) is 2.82. The van der Waals surface area contributed by atoms with Gasteiger partial charge in [0.1, 0.15) is 11.5 Å². The number of benzene rings is 1. The van der Waals surface area contributed by atoms with E-state index in [1.54, 1.807) is 0 Å². The number of carbonyl (C=O) groups is 1. The lowest BCUT2D eigenvalue weighted by atomic mass is 10.3. The number of nitrogens with one attached hydrogen (secondary N) is 2. The fourth-order valence-electron chi connectivity index (χ4n) is 2.10. The van der Waals surface area contributed by atoms with Crippen LogP contribution in [0.1, 0.15) is 16.3 Å². The summed E-state index contributed by atoms with van der Waals surface area (Å²) in [5.74, 6) is 0.336. The van der Waals surface area contributed by atoms with Crippen LogP contribution in [0.5, 0.6) is 0 Å². The number of carbonyl (C=O) groups excluding carboxylic acids is 1. The Morgan fingerprint density at radius 2 is 2.14 bits per heavy atom. The first-order valence-corrected chi connectivity index (χ1v) is 6.38. The largest absolute Gasteiger partial charge is 0.343 e. The highest BCUT2D eigenvalue weighted by Gasteiger charge is 2.10. The predicted octanol–water partition coefficient (Wildman–Crippen LogP) is 0.587. The van der Waals surface area contributed by atoms with Gasteiger partial charge in [0.15, 0.2) is 0 Å². The average molecular weight is 283 g/mol. The quantitative estimate of drug-likeness (QED) is 0.735. The zero-order valence-electron chi connectivity index (χ0n) is 11.3. The van der Waals surface area contributed by atoms with E-state index in [0.717, 1.165) is 23.1 Å². The molecule has 2 heterocycles. The summed E-state index contributed by atoms with van der Waals surface area (Å²) in [4.78, 5) is 33.6. The highest BCUT2D eigenvalue weighted by atomic mass is 16.2. The molecular formula is C14H13N5O2. The zero-order chi connectivity index (χ0) is 14.8. The van der Waals surface area contributed by atoms with Crippen molar-refractivity contribution in [3.63, 3.8) is 0 Å². The second kappa shape index (κ2) is 5.20. The summed E-state index contributed by atoms with van der Waals surface area (Å²) in [6, 6.07) is 7.73. The Labute approximate surface area is 119 Å². The smallest absolute Gasteiger partial charge is 0.269 e. The van der Waals surface area contributed by atoms with E-state index in [4.69, 9.17) is 0 Å². The van der Waals surface area contributed by atoms with Crippen molar-refractivity contribution in [2.45, 2.75) is 6.54 Å². The number of hydrogen-bond acceptors (Lipinski definition) is 4. The SMILES string of the molecule is Cn1c(CNC(=O)c2cncc(=O)[nH]2)nc2ccccc21. The van der Waals surface area contributed by atoms with Gasteiger partial charge in [0.05, 0.1) is 30.0 Å². The summed E-state index contributed by atoms with van der Waals surface area (Å²) >= 11 is 0. The molecule has 21 heavy (non-hydrogen) atoms. The molecular weight excluding hydrogens is 270 g/mol. The summed E-state index contributed by atoms with van der Waals surface area (Å²) in [5, 5.41) is 2.71. The Morgan fingerprint density at radius 3 is 2.90 bits per heavy atom. The number of nitrogens with zero attached hydrogens (tertiary/aromatic N) is 3. The van der Waals surface area contributed by atoms with Gasteiger partial charge in [-0.1, -0.05) is 12.1 Å². The van der Waals surface area contributed by atoms with Gasteiger partial charge in [0.2, 0.25) is 0 Å². The molecule has 106 valence electrons. The van der Waals surface area contributed by atoms with Crippen molar-refractivity contribution in [2.75, 3.05) is 0 Å². The Kier molecular flexibility index (Phi) is 3.23. The zero-order valence-corrected chi connectivity index (χ0v) is 11.3. The van der Waals surface area contributed by atoms with E-state index in [-0.39, 0.29) is 12.2 Å². The van der Waals surface area contributed by atoms with Crippen molar-refractivity contribution in [2.24, 2.45) is 7.05 Å². The molecule has 0 saturated heterocycles. The number of imidazole rings is 1. The molecule has 1 amide bonds. The number of aromatic amines is 1. The Balaban J connectivity index is 1.79. The van der Waals surface area contributed by atoms with Gasteiger partial charge in [-0.2, -0.15) is 0 Å². The first-order chi connectivity index (χ1) is 10.1. The Bertz CT molecular complexity index is 865. The molecule has 0 bridgehead atoms. The summed E-state index contributed by atoms with van der Waals surface area (Å²) < 4.78 is 1.92. The summed E-state index contributed by atoms with van der Waals surface area (Å²) in [7, 11) is 1.89. The van der Waals surface area contributed by atoms with Gasteiger partial charge in [0, 0.05) is 7.05 Å². The first-order valence-electron chi connectivity index (χ1n) is 6.38. The number of aromatic nitrogens is 4. The maximum absolute atomic E-state index is 11.9. The van der Waals surface area contributed by atoms with Gasteiger partial charge in [-0.3, -0.25) is 14.6 Å². The van der Waals surface area contributed by atoms with Gasteiger partial charge in [-0.25, -0.2) is 4.98 Å². The van der Waals surface area contributed by atoms with Crippen molar-refractivity contribution in [3.05, 3.63) is 58.5 Å². The van der Waals surface area contributed by atoms with Gasteiger partial charge < -0.3 is 14.9 Å². The van der Waals surface area contributed by atoms with E-state index in [1.165, 1.54) is 6.20 Å². The topological polar surface area (TPSA) is 92.7 Å². The lowest BCUT2D eigenvalue weighted by molar-refractivity contribution is 0.0944. The third-order valence-electron chi connectivity index (χ3n) is 3.18. The van der Waals surface area contributed by atoms with Crippen LogP contribution in [0.25, 0.3) is 11.0 Å². The molecule has 2 aromatic heterocycles. The van der Waals surface area contributed by atoms with Crippen LogP contribution < -0.4 is 10.9 Å². The summed E-state index contributed by atoms with van der Waals surface area (Å²) in [6.45, 7) is 0.265. The van der Waals surface area contributed by atoms with E-state index in [9.17, 15) is 9.59 Å². The minimum atomic E-state index is -0.412. The highest BCUT2D eigenvalue weighted by molar-refractivity contribution is 5.91. The number of rotatable bonds is 3. The van der Waals surface area contributed by atoms with E-state index in [0.29, 0.717) is 0 Å². The van der Waals surface area contributed by atoms with Crippen LogP contribution >= 0.6 is 0 Å². The maximum atomic E-state index is 11.9. The molecule has 0 spiro atoms. The minimum Gasteiger partial charge on any atom is -0.343 e. The molecule has 0 atom stereocenters. The number of fused-ring (bicyclic) bond motifs is 1. The van der Waals surface area contributed by atoms with Gasteiger partial charge in [-0.15, -0.1) is 0 Å². The van der Waals surface area contributed by atoms with Gasteiger partial charge in [0.25, 0.3) is 11.5 Å². The third-order valence-corrected chi connectivity index (χ3v) is 3.18. The lowest BCUT2D eigenvalue weighted by Crippen LogP contribution is -2.27. The molecule has 0 unspecified atom stereocenters. The van der Waals surface area contributed by atoms with Crippen molar-refractivity contribution in [1.82, 2.24) is 24.8 Å². The number of para-hydroxylation sites is 2. The van der Waals surface area contributed by atoms with Crippen molar-refractivity contribution in [3.8, 4) is 0 Å². The van der Waals surface area contributed by atoms with Crippen LogP contribution in [0.15, 0.2) is 41.5 Å². The van der Waals surface area contributed by atoms with E-state index >= 15 is 0 Å². The molecule has 1 aromatic carbocycles. The fraction of sp³-hybridized carbons (Fsp3) is 0.143. The molecule has 0 aliphatic rings. The minimum absolute atomic E-state index is 0.126. The standard InChI is InChI=1S/C14H13N5O2/c1-19-11-5-3-2-4-9(11)17-12(19)7-16-14(21)10-6-15-8-13(20)18-10/h2-6,8H,7H2,1H3,(H,16,21)(H,18,20). The van der Waals surface area contributed by atoms with E-state index < -0.39 is 11.5 Å². The normalized spacial score (nSPS) is 10.7. The Morgan fingerprint density at radius 1 is 1.33 bits per heavy atom. The first kappa shape index (κ1) is 13.0. The van der Waals surface area contributed by atoms with Crippen LogP contribution in [0.3, 0.4) is 0 Å². The van der Waals surface area contributed by atoms with Crippen LogP contribution in [0.2, 0.25) is 0 Å². The number of aryl methyl sites for hydroxylation is 1. The molecule has 0 saturated carbocycles. The van der Waals surface area contributed by atoms with E-state index in [1.807, 2.05) is 35.9 Å². The predicted molar refractivity (Wildman–Crippen MR) is 76.7 cm³/mol. The fourth-order valence-corrected chi connectivity index (χ4v) is 2.10. The van der Waals surface area contributed by atoms with Crippen molar-refractivity contribution in [1.29, 1.82) is 0 Å². The molecule has 7 heteroatoms. The molecule has 3 rings (SSSR count). The van der Waals surface area contributed by atoms with Crippen molar-refractivity contribution >= 4 is 16.9 Å². The van der Waals surface area contributed by atoms with Crippen molar-refractivity contribution < 1.29 is 4.79 Å². The maximum Gasteiger partial charge on any atom is 0.269 e. The second-order valence-electron chi connectivity index (χ2n) is 4.57. The molecule has 0 aliphatic heterocycles. The van der Waals surface area contributed by atoms with Crippen LogP contribution in [0, 0.1) is 0 Å². The number of H-pyrrole nitrogens is 1. The van der Waals surface area contributed by atoms with E-state index in [2.05, 4.69) is 20.3 Å². The van der Waals surface area contributed by atoms with Crippen LogP contribution in [-0.2, 0) is 13.6 Å². The second-order valence-corrected chi connectivity index (χ2v) is 4.57. The van der Waals surface area contributed by atoms with Crippen LogP contribution in [0.4, 0.5) is 0 Å². The number of amides is 1. The van der Waals surface area contributed by atoms with Gasteiger partial charge in [-0.05, 0) is 12.1 Å². The molecule has 0 aliphatic carbocycles. The van der Waals surface area contributed by atoms with Crippen LogP contribution in [-0.4, -0.2) is 25.4 Å². The highest BCUT2D eigenvalue weighted by Crippen LogP contribution is 2.13. The molecule has 7 nitrogen and oxygen atoms in total. The summed E-state index contributed by atoms with van der Waals surface area (Å²) in [5.41, 5.74) is 1.59.